The Morgan fingerprint density at radius 2 is 1.03 bits per heavy atom. The summed E-state index contributed by atoms with van der Waals surface area (Å²) < 4.78 is 12.8. The van der Waals surface area contributed by atoms with E-state index in [-0.39, 0.29) is 13.2 Å². The van der Waals surface area contributed by atoms with Gasteiger partial charge < -0.3 is 9.47 Å². The van der Waals surface area contributed by atoms with E-state index >= 15 is 0 Å². The molecule has 0 saturated heterocycles. The number of ether oxygens (including phenoxy) is 2. The largest absolute Gasteiger partial charge is 0.466 e. The lowest BCUT2D eigenvalue weighted by molar-refractivity contribution is -0.143. The van der Waals surface area contributed by atoms with Gasteiger partial charge in [-0.1, -0.05) is 36.4 Å². The van der Waals surface area contributed by atoms with Gasteiger partial charge in [0.1, 0.15) is 12.8 Å². The van der Waals surface area contributed by atoms with Crippen LogP contribution in [0.5, 0.6) is 0 Å². The second-order valence-corrected chi connectivity index (χ2v) is 7.60. The number of esters is 2. The topological polar surface area (TPSA) is 96.6 Å². The lowest BCUT2D eigenvalue weighted by atomic mass is 10.2. The molecule has 4 rings (SSSR count). The second-order valence-electron chi connectivity index (χ2n) is 7.60. The number of carbonyl (C=O) groups is 4. The third-order valence-electron chi connectivity index (χ3n) is 5.38. The summed E-state index contributed by atoms with van der Waals surface area (Å²) in [6, 6.07) is 18.1. The number of hydrogen-bond donors (Lipinski definition) is 0. The van der Waals surface area contributed by atoms with Crippen molar-refractivity contribution < 1.29 is 28.7 Å². The molecule has 0 aliphatic heterocycles. The number of benzene rings is 2. The lowest BCUT2D eigenvalue weighted by Gasteiger charge is -2.12. The summed E-state index contributed by atoms with van der Waals surface area (Å²) in [6.07, 6.45) is -0.896. The number of rotatable bonds is 7. The molecule has 8 heteroatoms. The molecule has 0 fully saturated rings. The van der Waals surface area contributed by atoms with E-state index in [1.807, 2.05) is 24.3 Å². The predicted octanol–water partition coefficient (Wildman–Crippen LogP) is 4.45. The second kappa shape index (κ2) is 9.74. The molecule has 0 atom stereocenters. The number of para-hydroxylation sites is 2. The van der Waals surface area contributed by atoms with Crippen molar-refractivity contribution in [1.29, 1.82) is 0 Å². The number of hydrogen-bond acceptors (Lipinski definition) is 6. The van der Waals surface area contributed by atoms with E-state index in [1.54, 1.807) is 50.2 Å². The summed E-state index contributed by atoms with van der Waals surface area (Å²) in [5, 5.41) is 1.54. The minimum absolute atomic E-state index is 0.169. The molecule has 2 heterocycles. The van der Waals surface area contributed by atoms with E-state index in [9.17, 15) is 19.2 Å². The van der Waals surface area contributed by atoms with Crippen molar-refractivity contribution in [3.8, 4) is 11.4 Å². The normalized spacial score (nSPS) is 11.0. The van der Waals surface area contributed by atoms with Crippen LogP contribution in [0.1, 0.15) is 36.3 Å². The number of fused-ring (bicyclic) bond motifs is 2. The summed E-state index contributed by atoms with van der Waals surface area (Å²) in [4.78, 5) is 50.6. The van der Waals surface area contributed by atoms with Crippen molar-refractivity contribution in [2.45, 2.75) is 26.7 Å². The monoisotopic (exact) mass is 460 g/mol. The van der Waals surface area contributed by atoms with Gasteiger partial charge in [-0.05, 0) is 38.1 Å². The number of carbonyl (C=O) groups excluding carboxylic acids is 4. The van der Waals surface area contributed by atoms with Gasteiger partial charge in [0.15, 0.2) is 0 Å². The molecule has 0 spiro atoms. The molecule has 0 saturated carbocycles. The van der Waals surface area contributed by atoms with E-state index in [0.717, 1.165) is 10.8 Å². The Morgan fingerprint density at radius 1 is 0.647 bits per heavy atom. The van der Waals surface area contributed by atoms with Crippen LogP contribution in [0.4, 0.5) is 0 Å². The molecule has 0 bridgehead atoms. The summed E-state index contributed by atoms with van der Waals surface area (Å²) in [7, 11) is 0. The third kappa shape index (κ3) is 4.34. The maximum Gasteiger partial charge on any atom is 0.315 e. The van der Waals surface area contributed by atoms with Crippen LogP contribution in [0.2, 0.25) is 0 Å². The van der Waals surface area contributed by atoms with E-state index in [2.05, 4.69) is 0 Å². The van der Waals surface area contributed by atoms with Crippen LogP contribution in [-0.2, 0) is 19.1 Å². The highest BCUT2D eigenvalue weighted by Gasteiger charge is 2.25. The molecule has 2 aromatic carbocycles. The van der Waals surface area contributed by atoms with Crippen molar-refractivity contribution in [3.63, 3.8) is 0 Å². The lowest BCUT2D eigenvalue weighted by Crippen LogP contribution is -2.21. The first-order chi connectivity index (χ1) is 16.4. The zero-order chi connectivity index (χ0) is 24.2. The SMILES string of the molecule is CCOC(=O)CC(=O)n1c(-c2cc3ccccc3n2C(=O)CC(=O)OCC)cc2ccccc21. The fourth-order valence-electron chi connectivity index (χ4n) is 4.05. The minimum Gasteiger partial charge on any atom is -0.466 e. The van der Waals surface area contributed by atoms with Crippen LogP contribution in [-0.4, -0.2) is 46.1 Å². The molecule has 8 nitrogen and oxygen atoms in total. The molecule has 0 aliphatic carbocycles. The van der Waals surface area contributed by atoms with Crippen molar-refractivity contribution in [2.24, 2.45) is 0 Å². The molecule has 0 unspecified atom stereocenters. The Hall–Kier alpha value is -4.20. The van der Waals surface area contributed by atoms with Crippen molar-refractivity contribution >= 4 is 45.6 Å². The van der Waals surface area contributed by atoms with E-state index in [4.69, 9.17) is 9.47 Å². The van der Waals surface area contributed by atoms with Crippen molar-refractivity contribution in [1.82, 2.24) is 9.13 Å². The predicted molar refractivity (Wildman–Crippen MR) is 127 cm³/mol. The fourth-order valence-corrected chi connectivity index (χ4v) is 4.05. The molecule has 0 N–H and O–H groups in total. The van der Waals surface area contributed by atoms with Gasteiger partial charge in [-0.2, -0.15) is 0 Å². The van der Waals surface area contributed by atoms with E-state index in [1.165, 1.54) is 9.13 Å². The molecule has 0 aliphatic rings. The summed E-state index contributed by atoms with van der Waals surface area (Å²) in [6.45, 7) is 3.68. The van der Waals surface area contributed by atoms with E-state index < -0.39 is 36.6 Å². The molecule has 2 aromatic heterocycles. The zero-order valence-electron chi connectivity index (χ0n) is 18.9. The van der Waals surface area contributed by atoms with Gasteiger partial charge in [-0.15, -0.1) is 0 Å². The van der Waals surface area contributed by atoms with Gasteiger partial charge >= 0.3 is 11.9 Å². The quantitative estimate of drug-likeness (QED) is 0.299. The average molecular weight is 460 g/mol. The highest BCUT2D eigenvalue weighted by atomic mass is 16.5. The zero-order valence-corrected chi connectivity index (χ0v) is 18.9. The maximum atomic E-state index is 13.3. The van der Waals surface area contributed by atoms with Crippen LogP contribution in [0.3, 0.4) is 0 Å². The van der Waals surface area contributed by atoms with Crippen molar-refractivity contribution in [3.05, 3.63) is 60.7 Å². The van der Waals surface area contributed by atoms with Gasteiger partial charge in [0, 0.05) is 10.8 Å². The Bertz CT molecular complexity index is 1300. The van der Waals surface area contributed by atoms with Gasteiger partial charge in [0.25, 0.3) is 0 Å². The standard InChI is InChI=1S/C26H24N2O6/c1-3-33-25(31)15-23(29)27-19-11-7-5-9-17(19)13-21(27)22-14-18-10-6-8-12-20(18)28(22)24(30)16-26(32)34-4-2/h5-14H,3-4,15-16H2,1-2H3. The van der Waals surface area contributed by atoms with Gasteiger partial charge in [0.2, 0.25) is 11.8 Å². The van der Waals surface area contributed by atoms with Gasteiger partial charge in [-0.3, -0.25) is 28.3 Å². The summed E-state index contributed by atoms with van der Waals surface area (Å²) in [5.41, 5.74) is 2.07. The smallest absolute Gasteiger partial charge is 0.315 e. The van der Waals surface area contributed by atoms with Crippen LogP contribution in [0.25, 0.3) is 33.2 Å². The van der Waals surface area contributed by atoms with Crippen LogP contribution >= 0.6 is 0 Å². The molecule has 0 radical (unpaired) electrons. The van der Waals surface area contributed by atoms with E-state index in [0.29, 0.717) is 22.4 Å². The van der Waals surface area contributed by atoms with Gasteiger partial charge in [-0.25, -0.2) is 0 Å². The molecule has 0 amide bonds. The number of nitrogens with zero attached hydrogens (tertiary/aromatic N) is 2. The maximum absolute atomic E-state index is 13.3. The molecule has 4 aromatic rings. The third-order valence-corrected chi connectivity index (χ3v) is 5.38. The average Bonchev–Trinajstić information content (AvgIpc) is 3.38. The molecule has 34 heavy (non-hydrogen) atoms. The Morgan fingerprint density at radius 3 is 1.41 bits per heavy atom. The van der Waals surface area contributed by atoms with Gasteiger partial charge in [0.05, 0.1) is 35.6 Å². The summed E-state index contributed by atoms with van der Waals surface area (Å²) in [5.74, 6) is -2.22. The van der Waals surface area contributed by atoms with Crippen LogP contribution in [0, 0.1) is 0 Å². The summed E-state index contributed by atoms with van der Waals surface area (Å²) >= 11 is 0. The molecule has 174 valence electrons. The first-order valence-electron chi connectivity index (χ1n) is 11.0. The Labute approximate surface area is 195 Å². The first-order valence-corrected chi connectivity index (χ1v) is 11.0. The highest BCUT2D eigenvalue weighted by Crippen LogP contribution is 2.33. The van der Waals surface area contributed by atoms with Crippen LogP contribution < -0.4 is 0 Å². The number of aromatic nitrogens is 2. The Kier molecular flexibility index (Phi) is 6.58. The fraction of sp³-hybridized carbons (Fsp3) is 0.231. The Balaban J connectivity index is 1.91. The minimum atomic E-state index is -0.629. The van der Waals surface area contributed by atoms with Crippen LogP contribution in [0.15, 0.2) is 60.7 Å². The molecular formula is C26H24N2O6. The first kappa shape index (κ1) is 23.0. The van der Waals surface area contributed by atoms with Crippen molar-refractivity contribution in [2.75, 3.05) is 13.2 Å². The highest BCUT2D eigenvalue weighted by molar-refractivity contribution is 6.08. The molecular weight excluding hydrogens is 436 g/mol.